The van der Waals surface area contributed by atoms with Gasteiger partial charge in [0, 0.05) is 34.4 Å². The van der Waals surface area contributed by atoms with E-state index in [1.54, 1.807) is 21.3 Å². The second-order valence-electron chi connectivity index (χ2n) is 3.77. The summed E-state index contributed by atoms with van der Waals surface area (Å²) in [5.41, 5.74) is -0.139. The second kappa shape index (κ2) is 6.68. The Labute approximate surface area is 98.3 Å². The quantitative estimate of drug-likeness (QED) is 0.451. The van der Waals surface area contributed by atoms with Gasteiger partial charge in [-0.2, -0.15) is 0 Å². The molecule has 16 heavy (non-hydrogen) atoms. The van der Waals surface area contributed by atoms with Crippen LogP contribution in [-0.4, -0.2) is 55.2 Å². The summed E-state index contributed by atoms with van der Waals surface area (Å²) in [4.78, 5) is 0. The number of rotatable bonds is 9. The lowest BCUT2D eigenvalue weighted by Gasteiger charge is -2.31. The van der Waals surface area contributed by atoms with Crippen molar-refractivity contribution in [2.75, 3.05) is 34.5 Å². The molecule has 1 aliphatic heterocycles. The van der Waals surface area contributed by atoms with E-state index in [0.717, 1.165) is 19.4 Å². The van der Waals surface area contributed by atoms with E-state index in [1.165, 1.54) is 0 Å². The van der Waals surface area contributed by atoms with Gasteiger partial charge < -0.3 is 22.8 Å². The maximum Gasteiger partial charge on any atom is 0.530 e. The Balaban J connectivity index is 2.61. The molecule has 1 saturated heterocycles. The summed E-state index contributed by atoms with van der Waals surface area (Å²) in [6.45, 7) is 3.55. The Hall–Kier alpha value is 0.0169. The summed E-state index contributed by atoms with van der Waals surface area (Å²) >= 11 is 0. The molecule has 0 spiro atoms. The van der Waals surface area contributed by atoms with Crippen LogP contribution in [0.4, 0.5) is 0 Å². The van der Waals surface area contributed by atoms with Gasteiger partial charge in [-0.25, -0.2) is 0 Å². The van der Waals surface area contributed by atoms with Crippen LogP contribution in [0.1, 0.15) is 19.8 Å². The molecular weight excluding hydrogens is 228 g/mol. The summed E-state index contributed by atoms with van der Waals surface area (Å²) in [5, 5.41) is 0. The Kier molecular flexibility index (Phi) is 5.88. The van der Waals surface area contributed by atoms with Gasteiger partial charge >= 0.3 is 8.80 Å². The number of hydrogen-bond donors (Lipinski definition) is 0. The first-order chi connectivity index (χ1) is 7.72. The largest absolute Gasteiger partial charge is 0.530 e. The molecule has 0 aromatic rings. The molecule has 96 valence electrons. The van der Waals surface area contributed by atoms with Crippen LogP contribution in [0.3, 0.4) is 0 Å². The maximum atomic E-state index is 5.79. The fraction of sp³-hybridized carbons (Fsp3) is 1.00. The highest BCUT2D eigenvalue weighted by Crippen LogP contribution is 2.25. The van der Waals surface area contributed by atoms with Gasteiger partial charge in [0.15, 0.2) is 0 Å². The van der Waals surface area contributed by atoms with Gasteiger partial charge in [0.1, 0.15) is 5.73 Å². The molecule has 1 heterocycles. The monoisotopic (exact) mass is 250 g/mol. The molecule has 2 atom stereocenters. The number of ether oxygens (including phenoxy) is 2. The fourth-order valence-electron chi connectivity index (χ4n) is 1.66. The zero-order valence-corrected chi connectivity index (χ0v) is 11.5. The molecular formula is C10H22O5Si. The van der Waals surface area contributed by atoms with Crippen LogP contribution in [0, 0.1) is 0 Å². The molecule has 1 fully saturated rings. The standard InChI is InChI=1S/C10H22O5Si/c1-5-6-14-10(7-9-8-15-9)16(11-2,12-3)13-4/h9-10H,5-8H2,1-4H3. The predicted molar refractivity (Wildman–Crippen MR) is 61.2 cm³/mol. The summed E-state index contributed by atoms with van der Waals surface area (Å²) in [6.07, 6.45) is 2.01. The predicted octanol–water partition coefficient (Wildman–Crippen LogP) is 0.988. The number of epoxide rings is 1. The Bertz CT molecular complexity index is 185. The van der Waals surface area contributed by atoms with Gasteiger partial charge in [-0.3, -0.25) is 0 Å². The van der Waals surface area contributed by atoms with Crippen LogP contribution in [0.2, 0.25) is 0 Å². The van der Waals surface area contributed by atoms with Gasteiger partial charge in [-0.15, -0.1) is 0 Å². The van der Waals surface area contributed by atoms with Gasteiger partial charge in [0.2, 0.25) is 0 Å². The molecule has 1 aliphatic rings. The third-order valence-corrected chi connectivity index (χ3v) is 5.55. The summed E-state index contributed by atoms with van der Waals surface area (Å²) in [6, 6.07) is 0. The second-order valence-corrected chi connectivity index (χ2v) is 6.84. The minimum Gasteiger partial charge on any atom is -0.375 e. The zero-order valence-electron chi connectivity index (χ0n) is 10.5. The zero-order chi connectivity index (χ0) is 12.0. The minimum absolute atomic E-state index is 0.139. The van der Waals surface area contributed by atoms with E-state index in [1.807, 2.05) is 0 Å². The third-order valence-electron chi connectivity index (χ3n) is 2.65. The summed E-state index contributed by atoms with van der Waals surface area (Å²) in [5.74, 6) is 0. The molecule has 0 bridgehead atoms. The highest BCUT2D eigenvalue weighted by Gasteiger charge is 2.50. The van der Waals surface area contributed by atoms with Crippen molar-refractivity contribution in [3.63, 3.8) is 0 Å². The normalized spacial score (nSPS) is 22.1. The van der Waals surface area contributed by atoms with Crippen LogP contribution in [0.5, 0.6) is 0 Å². The van der Waals surface area contributed by atoms with E-state index in [0.29, 0.717) is 6.61 Å². The lowest BCUT2D eigenvalue weighted by atomic mass is 10.3. The lowest BCUT2D eigenvalue weighted by molar-refractivity contribution is 0.00671. The first kappa shape index (κ1) is 14.1. The first-order valence-electron chi connectivity index (χ1n) is 5.61. The Morgan fingerprint density at radius 2 is 1.81 bits per heavy atom. The first-order valence-corrected chi connectivity index (χ1v) is 7.41. The highest BCUT2D eigenvalue weighted by atomic mass is 28.4. The minimum atomic E-state index is -2.71. The van der Waals surface area contributed by atoms with Crippen molar-refractivity contribution in [1.29, 1.82) is 0 Å². The topological polar surface area (TPSA) is 49.5 Å². The van der Waals surface area contributed by atoms with E-state index in [2.05, 4.69) is 6.92 Å². The van der Waals surface area contributed by atoms with Crippen molar-refractivity contribution in [1.82, 2.24) is 0 Å². The van der Waals surface area contributed by atoms with E-state index >= 15 is 0 Å². The highest BCUT2D eigenvalue weighted by molar-refractivity contribution is 6.62. The Morgan fingerprint density at radius 3 is 2.19 bits per heavy atom. The van der Waals surface area contributed by atoms with Crippen LogP contribution in [-0.2, 0) is 22.8 Å². The van der Waals surface area contributed by atoms with Gasteiger partial charge in [0.05, 0.1) is 12.7 Å². The fourth-order valence-corrected chi connectivity index (χ4v) is 3.82. The molecule has 6 heteroatoms. The van der Waals surface area contributed by atoms with E-state index in [4.69, 9.17) is 22.8 Å². The average Bonchev–Trinajstić information content (AvgIpc) is 3.12. The number of hydrogen-bond acceptors (Lipinski definition) is 5. The molecule has 2 unspecified atom stereocenters. The Morgan fingerprint density at radius 1 is 1.25 bits per heavy atom. The molecule has 1 rings (SSSR count). The van der Waals surface area contributed by atoms with Crippen molar-refractivity contribution in [3.05, 3.63) is 0 Å². The van der Waals surface area contributed by atoms with E-state index < -0.39 is 8.80 Å². The average molecular weight is 250 g/mol. The molecule has 0 aromatic heterocycles. The molecule has 0 saturated carbocycles. The third kappa shape index (κ3) is 3.51. The smallest absolute Gasteiger partial charge is 0.375 e. The van der Waals surface area contributed by atoms with Crippen molar-refractivity contribution in [2.24, 2.45) is 0 Å². The van der Waals surface area contributed by atoms with Crippen molar-refractivity contribution in [3.8, 4) is 0 Å². The molecule has 0 radical (unpaired) electrons. The lowest BCUT2D eigenvalue weighted by Crippen LogP contribution is -2.56. The van der Waals surface area contributed by atoms with Crippen molar-refractivity contribution in [2.45, 2.75) is 31.6 Å². The molecule has 5 nitrogen and oxygen atoms in total. The summed E-state index contributed by atoms with van der Waals surface area (Å²) < 4.78 is 27.3. The van der Waals surface area contributed by atoms with Crippen molar-refractivity contribution < 1.29 is 22.8 Å². The van der Waals surface area contributed by atoms with Gasteiger partial charge in [-0.1, -0.05) is 6.92 Å². The van der Waals surface area contributed by atoms with Crippen molar-refractivity contribution >= 4 is 8.80 Å². The van der Waals surface area contributed by atoms with Crippen LogP contribution >= 0.6 is 0 Å². The van der Waals surface area contributed by atoms with Crippen LogP contribution < -0.4 is 0 Å². The van der Waals surface area contributed by atoms with Crippen LogP contribution in [0.15, 0.2) is 0 Å². The molecule has 0 amide bonds. The summed E-state index contributed by atoms with van der Waals surface area (Å²) in [7, 11) is 2.11. The molecule has 0 aromatic carbocycles. The van der Waals surface area contributed by atoms with E-state index in [9.17, 15) is 0 Å². The molecule has 0 aliphatic carbocycles. The molecule has 0 N–H and O–H groups in total. The van der Waals surface area contributed by atoms with E-state index in [-0.39, 0.29) is 11.8 Å². The van der Waals surface area contributed by atoms with Gasteiger partial charge in [-0.05, 0) is 6.42 Å². The SMILES string of the molecule is CCCOC(CC1CO1)[Si](OC)(OC)OC. The van der Waals surface area contributed by atoms with Gasteiger partial charge in [0.25, 0.3) is 0 Å². The van der Waals surface area contributed by atoms with Crippen LogP contribution in [0.25, 0.3) is 0 Å². The maximum absolute atomic E-state index is 5.79.